The number of rotatable bonds is 8. The summed E-state index contributed by atoms with van der Waals surface area (Å²) >= 11 is 0. The fourth-order valence-electron chi connectivity index (χ4n) is 3.76. The lowest BCUT2D eigenvalue weighted by Crippen LogP contribution is -2.38. The van der Waals surface area contributed by atoms with Gasteiger partial charge >= 0.3 is 0 Å². The van der Waals surface area contributed by atoms with Crippen LogP contribution in [0.1, 0.15) is 55.4 Å². The highest BCUT2D eigenvalue weighted by atomic mass is 19.1. The number of nitrogens with zero attached hydrogens (tertiary/aromatic N) is 4. The van der Waals surface area contributed by atoms with Gasteiger partial charge in [0, 0.05) is 39.0 Å². The molecule has 0 saturated heterocycles. The van der Waals surface area contributed by atoms with Gasteiger partial charge < -0.3 is 15.2 Å². The monoisotopic (exact) mass is 400 g/mol. The predicted octanol–water partition coefficient (Wildman–Crippen LogP) is 3.18. The van der Waals surface area contributed by atoms with Crippen molar-refractivity contribution in [3.63, 3.8) is 0 Å². The Bertz CT molecular complexity index is 814. The summed E-state index contributed by atoms with van der Waals surface area (Å²) in [5.41, 5.74) is 2.14. The molecule has 0 unspecified atom stereocenters. The Morgan fingerprint density at radius 1 is 1.17 bits per heavy atom. The van der Waals surface area contributed by atoms with Crippen molar-refractivity contribution in [2.24, 2.45) is 4.99 Å². The molecule has 0 aliphatic carbocycles. The van der Waals surface area contributed by atoms with Gasteiger partial charge in [-0.2, -0.15) is 0 Å². The van der Waals surface area contributed by atoms with Gasteiger partial charge in [0.05, 0.1) is 0 Å². The number of benzene rings is 1. The van der Waals surface area contributed by atoms with Crippen LogP contribution < -0.4 is 10.6 Å². The Balaban J connectivity index is 1.46. The number of aromatic nitrogens is 3. The summed E-state index contributed by atoms with van der Waals surface area (Å²) in [7, 11) is 0. The van der Waals surface area contributed by atoms with Gasteiger partial charge in [-0.05, 0) is 62.8 Å². The molecule has 0 radical (unpaired) electrons. The largest absolute Gasteiger partial charge is 0.357 e. The van der Waals surface area contributed by atoms with Crippen LogP contribution in [0.5, 0.6) is 0 Å². The van der Waals surface area contributed by atoms with E-state index in [1.807, 2.05) is 13.0 Å². The highest BCUT2D eigenvalue weighted by Crippen LogP contribution is 2.15. The lowest BCUT2D eigenvalue weighted by Gasteiger charge is -2.12. The minimum atomic E-state index is -0.182. The van der Waals surface area contributed by atoms with Crippen molar-refractivity contribution in [3.8, 4) is 0 Å². The molecule has 1 aliphatic rings. The number of aliphatic imine (C=N–C) groups is 1. The van der Waals surface area contributed by atoms with Crippen LogP contribution in [0, 0.1) is 12.7 Å². The average molecular weight is 401 g/mol. The standard InChI is InChI=1S/C22H33FN6/c1-3-24-22(26-14-12-18-10-11-19(23)16-17(18)2)25-13-7-9-21-28-27-20-8-5-4-6-15-29(20)21/h10-11,16H,3-9,12-15H2,1-2H3,(H2,24,25,26). The Labute approximate surface area is 173 Å². The first-order chi connectivity index (χ1) is 14.2. The van der Waals surface area contributed by atoms with Crippen molar-refractivity contribution in [2.75, 3.05) is 19.6 Å². The number of hydrogen-bond donors (Lipinski definition) is 2. The predicted molar refractivity (Wildman–Crippen MR) is 115 cm³/mol. The molecule has 0 bridgehead atoms. The van der Waals surface area contributed by atoms with Crippen molar-refractivity contribution in [3.05, 3.63) is 46.8 Å². The lowest BCUT2D eigenvalue weighted by atomic mass is 10.1. The smallest absolute Gasteiger partial charge is 0.191 e. The van der Waals surface area contributed by atoms with Crippen molar-refractivity contribution in [1.82, 2.24) is 25.4 Å². The number of fused-ring (bicyclic) bond motifs is 1. The minimum absolute atomic E-state index is 0.182. The SMILES string of the molecule is CCNC(=NCCCc1nnc2n1CCCCC2)NCCc1ccc(F)cc1C. The molecule has 158 valence electrons. The summed E-state index contributed by atoms with van der Waals surface area (Å²) < 4.78 is 15.5. The molecule has 2 N–H and O–H groups in total. The molecule has 7 heteroatoms. The second-order valence-electron chi connectivity index (χ2n) is 7.61. The third-order valence-electron chi connectivity index (χ3n) is 5.35. The molecular weight excluding hydrogens is 367 g/mol. The summed E-state index contributed by atoms with van der Waals surface area (Å²) in [6.07, 6.45) is 7.46. The van der Waals surface area contributed by atoms with E-state index in [2.05, 4.69) is 37.3 Å². The van der Waals surface area contributed by atoms with Gasteiger partial charge in [0.1, 0.15) is 17.5 Å². The van der Waals surface area contributed by atoms with Crippen molar-refractivity contribution < 1.29 is 4.39 Å². The number of halogens is 1. The Hall–Kier alpha value is -2.44. The molecule has 1 aliphatic heterocycles. The molecule has 2 heterocycles. The van der Waals surface area contributed by atoms with E-state index < -0.39 is 0 Å². The highest BCUT2D eigenvalue weighted by Gasteiger charge is 2.14. The first-order valence-corrected chi connectivity index (χ1v) is 10.9. The molecule has 0 saturated carbocycles. The maximum atomic E-state index is 13.2. The molecule has 0 spiro atoms. The van der Waals surface area contributed by atoms with Gasteiger partial charge in [-0.3, -0.25) is 4.99 Å². The molecule has 2 aromatic rings. The van der Waals surface area contributed by atoms with Gasteiger partial charge in [0.2, 0.25) is 0 Å². The quantitative estimate of drug-likeness (QED) is 0.406. The number of aryl methyl sites for hydroxylation is 3. The fourth-order valence-corrected chi connectivity index (χ4v) is 3.76. The normalized spacial score (nSPS) is 14.4. The molecule has 6 nitrogen and oxygen atoms in total. The zero-order valence-corrected chi connectivity index (χ0v) is 17.7. The fraction of sp³-hybridized carbons (Fsp3) is 0.591. The molecule has 0 fully saturated rings. The zero-order valence-electron chi connectivity index (χ0n) is 17.7. The lowest BCUT2D eigenvalue weighted by molar-refractivity contribution is 0.597. The van der Waals surface area contributed by atoms with E-state index >= 15 is 0 Å². The molecule has 1 aromatic carbocycles. The van der Waals surface area contributed by atoms with E-state index in [9.17, 15) is 4.39 Å². The third kappa shape index (κ3) is 6.27. The maximum Gasteiger partial charge on any atom is 0.191 e. The van der Waals surface area contributed by atoms with Crippen LogP contribution in [0.25, 0.3) is 0 Å². The van der Waals surface area contributed by atoms with Gasteiger partial charge in [-0.1, -0.05) is 12.5 Å². The minimum Gasteiger partial charge on any atom is -0.357 e. The highest BCUT2D eigenvalue weighted by molar-refractivity contribution is 5.79. The van der Waals surface area contributed by atoms with Crippen molar-refractivity contribution in [2.45, 2.75) is 65.3 Å². The van der Waals surface area contributed by atoms with Crippen LogP contribution in [0.3, 0.4) is 0 Å². The van der Waals surface area contributed by atoms with Crippen molar-refractivity contribution in [1.29, 1.82) is 0 Å². The van der Waals surface area contributed by atoms with Gasteiger partial charge in [0.15, 0.2) is 5.96 Å². The molecule has 1 aromatic heterocycles. The molecular formula is C22H33FN6. The van der Waals surface area contributed by atoms with Crippen LogP contribution in [-0.4, -0.2) is 40.4 Å². The summed E-state index contributed by atoms with van der Waals surface area (Å²) in [6, 6.07) is 4.96. The van der Waals surface area contributed by atoms with E-state index in [1.165, 1.54) is 25.3 Å². The Kier molecular flexibility index (Phi) is 8.02. The third-order valence-corrected chi connectivity index (χ3v) is 5.35. The first kappa shape index (κ1) is 21.3. The van der Waals surface area contributed by atoms with Crippen LogP contribution in [-0.2, 0) is 25.8 Å². The summed E-state index contributed by atoms with van der Waals surface area (Å²) in [4.78, 5) is 4.69. The van der Waals surface area contributed by atoms with Gasteiger partial charge in [0.25, 0.3) is 0 Å². The van der Waals surface area contributed by atoms with E-state index in [-0.39, 0.29) is 5.82 Å². The Morgan fingerprint density at radius 2 is 2.07 bits per heavy atom. The van der Waals surface area contributed by atoms with Crippen molar-refractivity contribution >= 4 is 5.96 Å². The molecule has 29 heavy (non-hydrogen) atoms. The number of hydrogen-bond acceptors (Lipinski definition) is 3. The van der Waals surface area contributed by atoms with Crippen LogP contribution in [0.4, 0.5) is 4.39 Å². The van der Waals surface area contributed by atoms with Crippen LogP contribution >= 0.6 is 0 Å². The number of guanidine groups is 1. The maximum absolute atomic E-state index is 13.2. The average Bonchev–Trinajstić information content (AvgIpc) is 2.93. The van der Waals surface area contributed by atoms with Crippen LogP contribution in [0.2, 0.25) is 0 Å². The summed E-state index contributed by atoms with van der Waals surface area (Å²) in [5, 5.41) is 15.4. The zero-order chi connectivity index (χ0) is 20.5. The molecule has 0 amide bonds. The molecule has 3 rings (SSSR count). The number of nitrogens with one attached hydrogen (secondary N) is 2. The van der Waals surface area contributed by atoms with E-state index in [0.29, 0.717) is 0 Å². The summed E-state index contributed by atoms with van der Waals surface area (Å²) in [6.45, 7) is 7.38. The Morgan fingerprint density at radius 3 is 2.90 bits per heavy atom. The topological polar surface area (TPSA) is 67.1 Å². The molecule has 0 atom stereocenters. The van der Waals surface area contributed by atoms with E-state index in [1.54, 1.807) is 6.07 Å². The van der Waals surface area contributed by atoms with Crippen LogP contribution in [0.15, 0.2) is 23.2 Å². The van der Waals surface area contributed by atoms with Gasteiger partial charge in [-0.25, -0.2) is 4.39 Å². The van der Waals surface area contributed by atoms with Gasteiger partial charge in [-0.15, -0.1) is 10.2 Å². The second-order valence-corrected chi connectivity index (χ2v) is 7.61. The van der Waals surface area contributed by atoms with E-state index in [0.717, 1.165) is 80.6 Å². The summed E-state index contributed by atoms with van der Waals surface area (Å²) in [5.74, 6) is 2.89. The van der Waals surface area contributed by atoms with E-state index in [4.69, 9.17) is 0 Å². The first-order valence-electron chi connectivity index (χ1n) is 10.9. The second kappa shape index (κ2) is 10.9.